The highest BCUT2D eigenvalue weighted by Crippen LogP contribution is 2.29. The average Bonchev–Trinajstić information content (AvgIpc) is 3.07. The summed E-state index contributed by atoms with van der Waals surface area (Å²) in [5, 5.41) is 3.74. The number of benzene rings is 4. The number of hydrogen-bond donors (Lipinski definition) is 0. The van der Waals surface area contributed by atoms with Crippen molar-refractivity contribution >= 4 is 24.1 Å². The fourth-order valence-electron chi connectivity index (χ4n) is 4.41. The molecule has 4 atom stereocenters. The van der Waals surface area contributed by atoms with E-state index in [0.29, 0.717) is 5.75 Å². The van der Waals surface area contributed by atoms with Crippen LogP contribution in [0.1, 0.15) is 36.6 Å². The van der Waals surface area contributed by atoms with E-state index in [4.69, 9.17) is 28.5 Å². The van der Waals surface area contributed by atoms with Crippen LogP contribution < -0.4 is 4.74 Å². The molecule has 0 unspecified atom stereocenters. The van der Waals surface area contributed by atoms with Crippen molar-refractivity contribution in [2.75, 3.05) is 13.7 Å². The van der Waals surface area contributed by atoms with E-state index in [0.717, 1.165) is 5.56 Å². The van der Waals surface area contributed by atoms with E-state index in [2.05, 4.69) is 5.16 Å². The van der Waals surface area contributed by atoms with Gasteiger partial charge in [0.25, 0.3) is 0 Å². The Morgan fingerprint density at radius 3 is 1.64 bits per heavy atom. The molecule has 0 bridgehead atoms. The van der Waals surface area contributed by atoms with E-state index in [1.54, 1.807) is 115 Å². The molecule has 1 heterocycles. The summed E-state index contributed by atoms with van der Waals surface area (Å²) in [6.45, 7) is -0.214. The molecule has 0 spiro atoms. The molecular formula is C34H29NO9. The molecule has 1 fully saturated rings. The maximum Gasteiger partial charge on any atom is 0.338 e. The minimum absolute atomic E-state index is 0.214. The number of esters is 3. The summed E-state index contributed by atoms with van der Waals surface area (Å²) in [7, 11) is 1.44. The molecule has 0 N–H and O–H groups in total. The van der Waals surface area contributed by atoms with Gasteiger partial charge in [-0.15, -0.1) is 0 Å². The molecule has 10 nitrogen and oxygen atoms in total. The first-order chi connectivity index (χ1) is 21.5. The lowest BCUT2D eigenvalue weighted by atomic mass is 10.0. The van der Waals surface area contributed by atoms with Crippen molar-refractivity contribution in [2.45, 2.75) is 24.6 Å². The lowest BCUT2D eigenvalue weighted by Crippen LogP contribution is -2.59. The van der Waals surface area contributed by atoms with Gasteiger partial charge in [-0.1, -0.05) is 59.8 Å². The molecule has 0 saturated carbocycles. The van der Waals surface area contributed by atoms with Crippen molar-refractivity contribution in [1.29, 1.82) is 0 Å². The highest BCUT2D eigenvalue weighted by atomic mass is 16.7. The van der Waals surface area contributed by atoms with Crippen LogP contribution in [0.5, 0.6) is 5.75 Å². The van der Waals surface area contributed by atoms with E-state index in [1.165, 1.54) is 13.3 Å². The zero-order valence-electron chi connectivity index (χ0n) is 23.7. The van der Waals surface area contributed by atoms with Gasteiger partial charge in [0, 0.05) is 0 Å². The zero-order valence-corrected chi connectivity index (χ0v) is 23.7. The topological polar surface area (TPSA) is 119 Å². The monoisotopic (exact) mass is 595 g/mol. The Labute approximate surface area is 253 Å². The number of carbonyl (C=O) groups excluding carboxylic acids is 3. The van der Waals surface area contributed by atoms with Crippen LogP contribution in [0.3, 0.4) is 0 Å². The van der Waals surface area contributed by atoms with Crippen molar-refractivity contribution in [3.8, 4) is 5.75 Å². The second-order valence-electron chi connectivity index (χ2n) is 9.59. The van der Waals surface area contributed by atoms with Crippen LogP contribution >= 0.6 is 0 Å². The summed E-state index contributed by atoms with van der Waals surface area (Å²) in [4.78, 5) is 44.4. The normalized spacial score (nSPS) is 19.5. The number of rotatable bonds is 10. The molecule has 4 aromatic carbocycles. The molecule has 44 heavy (non-hydrogen) atoms. The van der Waals surface area contributed by atoms with Gasteiger partial charge in [0.2, 0.25) is 12.4 Å². The summed E-state index contributed by atoms with van der Waals surface area (Å²) in [5.74, 6) is -1.71. The maximum absolute atomic E-state index is 13.3. The van der Waals surface area contributed by atoms with Gasteiger partial charge in [-0.3, -0.25) is 0 Å². The first-order valence-corrected chi connectivity index (χ1v) is 13.7. The quantitative estimate of drug-likeness (QED) is 0.107. The van der Waals surface area contributed by atoms with Crippen LogP contribution in [0, 0.1) is 0 Å². The van der Waals surface area contributed by atoms with Gasteiger partial charge >= 0.3 is 17.9 Å². The van der Waals surface area contributed by atoms with Crippen molar-refractivity contribution in [2.24, 2.45) is 5.16 Å². The molecule has 224 valence electrons. The Morgan fingerprint density at radius 1 is 0.659 bits per heavy atom. The van der Waals surface area contributed by atoms with Gasteiger partial charge in [-0.2, -0.15) is 0 Å². The Bertz CT molecular complexity index is 1560. The Kier molecular flexibility index (Phi) is 9.96. The number of oxime groups is 1. The number of hydrogen-bond acceptors (Lipinski definition) is 10. The predicted molar refractivity (Wildman–Crippen MR) is 158 cm³/mol. The smallest absolute Gasteiger partial charge is 0.338 e. The fourth-order valence-corrected chi connectivity index (χ4v) is 4.41. The largest absolute Gasteiger partial charge is 0.461 e. The van der Waals surface area contributed by atoms with E-state index in [9.17, 15) is 14.4 Å². The average molecular weight is 596 g/mol. The molecule has 10 heteroatoms. The minimum atomic E-state index is -1.34. The Hall–Kier alpha value is -5.48. The summed E-state index contributed by atoms with van der Waals surface area (Å²) < 4.78 is 29.7. The second kappa shape index (κ2) is 14.6. The van der Waals surface area contributed by atoms with Gasteiger partial charge in [0.15, 0.2) is 12.2 Å². The van der Waals surface area contributed by atoms with Crippen LogP contribution in [-0.4, -0.2) is 62.4 Å². The summed E-state index contributed by atoms with van der Waals surface area (Å²) in [6.07, 6.45) is -3.49. The highest BCUT2D eigenvalue weighted by Gasteiger charge is 2.49. The van der Waals surface area contributed by atoms with Gasteiger partial charge in [-0.05, 0) is 66.2 Å². The molecule has 0 radical (unpaired) electrons. The van der Waals surface area contributed by atoms with Crippen LogP contribution in [0.4, 0.5) is 0 Å². The van der Waals surface area contributed by atoms with Crippen molar-refractivity contribution in [3.63, 3.8) is 0 Å². The molecule has 1 aliphatic heterocycles. The molecule has 1 aliphatic rings. The van der Waals surface area contributed by atoms with Crippen molar-refractivity contribution in [3.05, 3.63) is 138 Å². The van der Waals surface area contributed by atoms with E-state index in [1.807, 2.05) is 0 Å². The summed E-state index contributed by atoms with van der Waals surface area (Å²) in [5.41, 5.74) is 1.54. The summed E-state index contributed by atoms with van der Waals surface area (Å²) in [6, 6.07) is 31.8. The third-order valence-electron chi connectivity index (χ3n) is 6.60. The summed E-state index contributed by atoms with van der Waals surface area (Å²) >= 11 is 0. The van der Waals surface area contributed by atoms with Crippen LogP contribution in [0.15, 0.2) is 120 Å². The minimum Gasteiger partial charge on any atom is -0.461 e. The van der Waals surface area contributed by atoms with Crippen LogP contribution in [0.25, 0.3) is 0 Å². The van der Waals surface area contributed by atoms with Gasteiger partial charge in [0.05, 0.1) is 29.5 Å². The van der Waals surface area contributed by atoms with E-state index >= 15 is 0 Å². The Morgan fingerprint density at radius 2 is 1.14 bits per heavy atom. The number of nitrogens with zero attached hydrogens (tertiary/aromatic N) is 1. The highest BCUT2D eigenvalue weighted by molar-refractivity contribution is 5.91. The molecule has 5 rings (SSSR count). The number of carbonyl (C=O) groups is 3. The van der Waals surface area contributed by atoms with E-state index in [-0.39, 0.29) is 23.3 Å². The fraction of sp³-hybridized carbons (Fsp3) is 0.176. The Balaban J connectivity index is 1.47. The molecule has 0 amide bonds. The first-order valence-electron chi connectivity index (χ1n) is 13.7. The van der Waals surface area contributed by atoms with Crippen molar-refractivity contribution < 1.29 is 42.9 Å². The third-order valence-corrected chi connectivity index (χ3v) is 6.60. The molecule has 0 aliphatic carbocycles. The standard InChI is InChI=1S/C34H29NO9/c1-39-35-21-23-17-19-27(20-18-23)41-34-30(44-33(38)26-15-9-4-10-16-26)29(43-32(37)25-13-7-3-8-14-25)28(22-40-34)42-31(36)24-11-5-2-6-12-24/h2-21,28-30,34H,22H2,1H3/b35-21+/t28-,29-,30-,34+/m1/s1. The number of ether oxygens (including phenoxy) is 5. The van der Waals surface area contributed by atoms with Gasteiger partial charge < -0.3 is 28.5 Å². The first kappa shape index (κ1) is 30.0. The predicted octanol–water partition coefficient (Wildman–Crippen LogP) is 5.08. The third kappa shape index (κ3) is 7.67. The molecule has 0 aromatic heterocycles. The molecular weight excluding hydrogens is 566 g/mol. The molecule has 4 aromatic rings. The lowest BCUT2D eigenvalue weighted by Gasteiger charge is -2.40. The zero-order chi connectivity index (χ0) is 30.7. The van der Waals surface area contributed by atoms with Crippen LogP contribution in [0.2, 0.25) is 0 Å². The molecule has 1 saturated heterocycles. The second-order valence-corrected chi connectivity index (χ2v) is 9.59. The van der Waals surface area contributed by atoms with Gasteiger partial charge in [-0.25, -0.2) is 14.4 Å². The van der Waals surface area contributed by atoms with E-state index < -0.39 is 42.5 Å². The van der Waals surface area contributed by atoms with Crippen molar-refractivity contribution in [1.82, 2.24) is 0 Å². The maximum atomic E-state index is 13.3. The lowest BCUT2D eigenvalue weighted by molar-refractivity contribution is -0.241. The van der Waals surface area contributed by atoms with Gasteiger partial charge in [0.1, 0.15) is 12.9 Å². The van der Waals surface area contributed by atoms with Crippen LogP contribution in [-0.2, 0) is 23.8 Å². The SMILES string of the molecule is CO/N=C/c1ccc(O[C@@H]2OC[C@@H](OC(=O)c3ccccc3)[C@@H](OC(=O)c3ccccc3)[C@H]2OC(=O)c2ccccc2)cc1.